The molecule has 1 saturated carbocycles. The number of nitrogens with zero attached hydrogens (tertiary/aromatic N) is 1. The van der Waals surface area contributed by atoms with Crippen molar-refractivity contribution in [1.29, 1.82) is 0 Å². The maximum absolute atomic E-state index is 12.4. The van der Waals surface area contributed by atoms with Crippen LogP contribution in [0, 0.1) is 5.92 Å². The summed E-state index contributed by atoms with van der Waals surface area (Å²) in [7, 11) is 0. The standard InChI is InChI=1S/C11H18F3NO/c1-3-4-10(16)15(7-11(12,13)14)8(2)9-5-6-9/h8-9H,3-7H2,1-2H3. The summed E-state index contributed by atoms with van der Waals surface area (Å²) >= 11 is 0. The fourth-order valence-corrected chi connectivity index (χ4v) is 1.84. The summed E-state index contributed by atoms with van der Waals surface area (Å²) in [5, 5.41) is 0. The average molecular weight is 237 g/mol. The lowest BCUT2D eigenvalue weighted by atomic mass is 10.1. The van der Waals surface area contributed by atoms with E-state index in [2.05, 4.69) is 0 Å². The van der Waals surface area contributed by atoms with E-state index in [-0.39, 0.29) is 24.3 Å². The Morgan fingerprint density at radius 1 is 1.44 bits per heavy atom. The second-order valence-electron chi connectivity index (χ2n) is 4.46. The van der Waals surface area contributed by atoms with E-state index >= 15 is 0 Å². The summed E-state index contributed by atoms with van der Waals surface area (Å²) < 4.78 is 37.1. The van der Waals surface area contributed by atoms with E-state index < -0.39 is 12.7 Å². The molecule has 1 rings (SSSR count). The first-order chi connectivity index (χ1) is 7.35. The van der Waals surface area contributed by atoms with E-state index in [1.54, 1.807) is 13.8 Å². The van der Waals surface area contributed by atoms with Gasteiger partial charge in [0.15, 0.2) is 0 Å². The van der Waals surface area contributed by atoms with Crippen molar-refractivity contribution in [3.8, 4) is 0 Å². The van der Waals surface area contributed by atoms with Crippen molar-refractivity contribution >= 4 is 5.91 Å². The highest BCUT2D eigenvalue weighted by Crippen LogP contribution is 2.36. The minimum Gasteiger partial charge on any atom is -0.331 e. The molecular formula is C11H18F3NO. The molecule has 5 heteroatoms. The van der Waals surface area contributed by atoms with Crippen LogP contribution in [0.3, 0.4) is 0 Å². The van der Waals surface area contributed by atoms with E-state index in [1.165, 1.54) is 0 Å². The molecule has 0 aliphatic heterocycles. The third kappa shape index (κ3) is 4.02. The summed E-state index contributed by atoms with van der Waals surface area (Å²) in [6, 6.07) is -0.277. The van der Waals surface area contributed by atoms with E-state index in [0.29, 0.717) is 6.42 Å². The van der Waals surface area contributed by atoms with Gasteiger partial charge in [-0.05, 0) is 32.1 Å². The molecule has 1 aliphatic carbocycles. The Hall–Kier alpha value is -0.740. The van der Waals surface area contributed by atoms with Gasteiger partial charge in [0.05, 0.1) is 0 Å². The second kappa shape index (κ2) is 5.06. The van der Waals surface area contributed by atoms with Crippen molar-refractivity contribution < 1.29 is 18.0 Å². The van der Waals surface area contributed by atoms with Gasteiger partial charge in [0.1, 0.15) is 6.54 Å². The Kier molecular flexibility index (Phi) is 4.21. The number of hydrogen-bond donors (Lipinski definition) is 0. The third-order valence-corrected chi connectivity index (χ3v) is 2.93. The molecule has 1 amide bonds. The highest BCUT2D eigenvalue weighted by molar-refractivity contribution is 5.76. The molecule has 0 heterocycles. The van der Waals surface area contributed by atoms with Crippen molar-refractivity contribution in [3.05, 3.63) is 0 Å². The van der Waals surface area contributed by atoms with Gasteiger partial charge in [0.25, 0.3) is 0 Å². The molecular weight excluding hydrogens is 219 g/mol. The minimum atomic E-state index is -4.30. The highest BCUT2D eigenvalue weighted by atomic mass is 19.4. The van der Waals surface area contributed by atoms with Crippen LogP contribution >= 0.6 is 0 Å². The van der Waals surface area contributed by atoms with Gasteiger partial charge in [-0.1, -0.05) is 6.92 Å². The normalized spacial score (nSPS) is 18.3. The molecule has 0 aromatic rings. The molecule has 0 bridgehead atoms. The zero-order chi connectivity index (χ0) is 12.3. The molecule has 0 N–H and O–H groups in total. The van der Waals surface area contributed by atoms with Crippen LogP contribution in [-0.4, -0.2) is 29.6 Å². The molecule has 1 aliphatic rings. The van der Waals surface area contributed by atoms with E-state index in [4.69, 9.17) is 0 Å². The first-order valence-corrected chi connectivity index (χ1v) is 5.71. The quantitative estimate of drug-likeness (QED) is 0.719. The van der Waals surface area contributed by atoms with Crippen LogP contribution < -0.4 is 0 Å². The van der Waals surface area contributed by atoms with Crippen LogP contribution in [0.2, 0.25) is 0 Å². The SMILES string of the molecule is CCCC(=O)N(CC(F)(F)F)C(C)C1CC1. The number of halogens is 3. The van der Waals surface area contributed by atoms with Crippen LogP contribution in [0.25, 0.3) is 0 Å². The second-order valence-corrected chi connectivity index (χ2v) is 4.46. The fraction of sp³-hybridized carbons (Fsp3) is 0.909. The molecule has 16 heavy (non-hydrogen) atoms. The van der Waals surface area contributed by atoms with Gasteiger partial charge in [0, 0.05) is 12.5 Å². The highest BCUT2D eigenvalue weighted by Gasteiger charge is 2.39. The lowest BCUT2D eigenvalue weighted by Crippen LogP contribution is -2.45. The number of carbonyl (C=O) groups excluding carboxylic acids is 1. The number of rotatable bonds is 5. The number of carbonyl (C=O) groups is 1. The molecule has 94 valence electrons. The lowest BCUT2D eigenvalue weighted by molar-refractivity contribution is -0.166. The maximum Gasteiger partial charge on any atom is 0.406 e. The molecule has 0 spiro atoms. The Morgan fingerprint density at radius 2 is 2.00 bits per heavy atom. The number of hydrogen-bond acceptors (Lipinski definition) is 1. The molecule has 0 saturated heterocycles. The zero-order valence-electron chi connectivity index (χ0n) is 9.68. The van der Waals surface area contributed by atoms with Crippen LogP contribution in [0.15, 0.2) is 0 Å². The monoisotopic (exact) mass is 237 g/mol. The maximum atomic E-state index is 12.4. The number of amides is 1. The van der Waals surface area contributed by atoms with Gasteiger partial charge < -0.3 is 4.90 Å². The fourth-order valence-electron chi connectivity index (χ4n) is 1.84. The Labute approximate surface area is 93.8 Å². The zero-order valence-corrected chi connectivity index (χ0v) is 9.68. The molecule has 0 radical (unpaired) electrons. The van der Waals surface area contributed by atoms with E-state index in [0.717, 1.165) is 17.7 Å². The summed E-state index contributed by atoms with van der Waals surface area (Å²) in [6.07, 6.45) is -1.63. The molecule has 1 unspecified atom stereocenters. The number of alkyl halides is 3. The summed E-state index contributed by atoms with van der Waals surface area (Å²) in [4.78, 5) is 12.6. The Bertz CT molecular complexity index is 248. The molecule has 2 nitrogen and oxygen atoms in total. The van der Waals surface area contributed by atoms with E-state index in [1.807, 2.05) is 0 Å². The van der Waals surface area contributed by atoms with Crippen LogP contribution in [0.1, 0.15) is 39.5 Å². The molecule has 1 fully saturated rings. The molecule has 0 aromatic heterocycles. The van der Waals surface area contributed by atoms with Gasteiger partial charge in [-0.25, -0.2) is 0 Å². The van der Waals surface area contributed by atoms with Crippen molar-refractivity contribution in [2.75, 3.05) is 6.54 Å². The van der Waals surface area contributed by atoms with Gasteiger partial charge in [-0.2, -0.15) is 13.2 Å². The van der Waals surface area contributed by atoms with Gasteiger partial charge in [-0.3, -0.25) is 4.79 Å². The summed E-state index contributed by atoms with van der Waals surface area (Å²) in [6.45, 7) is 2.41. The minimum absolute atomic E-state index is 0.202. The van der Waals surface area contributed by atoms with Gasteiger partial charge in [-0.15, -0.1) is 0 Å². The van der Waals surface area contributed by atoms with E-state index in [9.17, 15) is 18.0 Å². The first-order valence-electron chi connectivity index (χ1n) is 5.71. The van der Waals surface area contributed by atoms with Crippen molar-refractivity contribution in [1.82, 2.24) is 4.90 Å². The van der Waals surface area contributed by atoms with Crippen molar-refractivity contribution in [2.24, 2.45) is 5.92 Å². The third-order valence-electron chi connectivity index (χ3n) is 2.93. The smallest absolute Gasteiger partial charge is 0.331 e. The predicted octanol–water partition coefficient (Wildman–Crippen LogP) is 2.98. The lowest BCUT2D eigenvalue weighted by Gasteiger charge is -2.30. The van der Waals surface area contributed by atoms with Crippen molar-refractivity contribution in [2.45, 2.75) is 51.7 Å². The Morgan fingerprint density at radius 3 is 2.38 bits per heavy atom. The van der Waals surface area contributed by atoms with Crippen LogP contribution in [0.4, 0.5) is 13.2 Å². The predicted molar refractivity (Wildman–Crippen MR) is 54.9 cm³/mol. The van der Waals surface area contributed by atoms with Crippen LogP contribution in [0.5, 0.6) is 0 Å². The van der Waals surface area contributed by atoms with Gasteiger partial charge in [0.2, 0.25) is 5.91 Å². The largest absolute Gasteiger partial charge is 0.406 e. The summed E-state index contributed by atoms with van der Waals surface area (Å²) in [5.41, 5.74) is 0. The Balaban J connectivity index is 2.63. The summed E-state index contributed by atoms with van der Waals surface area (Å²) in [5.74, 6) is -0.109. The van der Waals surface area contributed by atoms with Crippen LogP contribution in [-0.2, 0) is 4.79 Å². The first kappa shape index (κ1) is 13.3. The van der Waals surface area contributed by atoms with Crippen molar-refractivity contribution in [3.63, 3.8) is 0 Å². The van der Waals surface area contributed by atoms with Gasteiger partial charge >= 0.3 is 6.18 Å². The molecule has 0 aromatic carbocycles. The average Bonchev–Trinajstić information content (AvgIpc) is 2.95. The molecule has 1 atom stereocenters. The topological polar surface area (TPSA) is 20.3 Å².